The van der Waals surface area contributed by atoms with Crippen LogP contribution in [-0.4, -0.2) is 14.2 Å². The van der Waals surface area contributed by atoms with Crippen molar-refractivity contribution >= 4 is 11.0 Å². The molecule has 0 saturated heterocycles. The van der Waals surface area contributed by atoms with Crippen LogP contribution in [0, 0.1) is 6.92 Å². The molecule has 0 saturated carbocycles. The number of fused-ring (bicyclic) bond motifs is 1. The Morgan fingerprint density at radius 1 is 1.12 bits per heavy atom. The Balaban J connectivity index is 2.95. The molecule has 2 aromatic rings. The first-order chi connectivity index (χ1) is 7.67. The second-order valence-electron chi connectivity index (χ2n) is 3.42. The van der Waals surface area contributed by atoms with Gasteiger partial charge in [-0.25, -0.2) is 4.79 Å². The Morgan fingerprint density at radius 3 is 2.38 bits per heavy atom. The van der Waals surface area contributed by atoms with Crippen molar-refractivity contribution in [1.82, 2.24) is 0 Å². The van der Waals surface area contributed by atoms with Crippen LogP contribution in [0.4, 0.5) is 0 Å². The van der Waals surface area contributed by atoms with Crippen molar-refractivity contribution in [2.24, 2.45) is 0 Å². The van der Waals surface area contributed by atoms with Gasteiger partial charge in [0.05, 0.1) is 19.6 Å². The van der Waals surface area contributed by atoms with Gasteiger partial charge in [-0.3, -0.25) is 0 Å². The van der Waals surface area contributed by atoms with Crippen LogP contribution in [0.5, 0.6) is 11.5 Å². The second-order valence-corrected chi connectivity index (χ2v) is 3.42. The molecule has 1 aromatic carbocycles. The molecule has 0 atom stereocenters. The molecule has 4 heteroatoms. The molecule has 0 amide bonds. The summed E-state index contributed by atoms with van der Waals surface area (Å²) in [6, 6.07) is 4.93. The normalized spacial score (nSPS) is 10.4. The fourth-order valence-corrected chi connectivity index (χ4v) is 1.73. The van der Waals surface area contributed by atoms with Crippen LogP contribution >= 0.6 is 0 Å². The minimum absolute atomic E-state index is 0.392. The largest absolute Gasteiger partial charge is 0.496 e. The maximum Gasteiger partial charge on any atom is 0.336 e. The molecule has 2 rings (SSSR count). The number of ether oxygens (including phenoxy) is 2. The van der Waals surface area contributed by atoms with Crippen molar-refractivity contribution in [3.63, 3.8) is 0 Å². The van der Waals surface area contributed by atoms with Gasteiger partial charge in [0, 0.05) is 6.07 Å². The minimum Gasteiger partial charge on any atom is -0.496 e. The predicted octanol–water partition coefficient (Wildman–Crippen LogP) is 2.12. The van der Waals surface area contributed by atoms with Crippen molar-refractivity contribution in [2.45, 2.75) is 6.92 Å². The molecule has 0 aliphatic carbocycles. The van der Waals surface area contributed by atoms with Crippen LogP contribution in [0.1, 0.15) is 5.56 Å². The van der Waals surface area contributed by atoms with Gasteiger partial charge in [-0.2, -0.15) is 0 Å². The number of methoxy groups -OCH3 is 2. The molecular formula is C12H12O4. The van der Waals surface area contributed by atoms with Crippen LogP contribution in [0.25, 0.3) is 11.0 Å². The van der Waals surface area contributed by atoms with Gasteiger partial charge in [0.25, 0.3) is 0 Å². The first-order valence-electron chi connectivity index (χ1n) is 4.83. The van der Waals surface area contributed by atoms with Crippen molar-refractivity contribution in [3.05, 3.63) is 34.2 Å². The average molecular weight is 220 g/mol. The quantitative estimate of drug-likeness (QED) is 0.727. The van der Waals surface area contributed by atoms with Gasteiger partial charge in [-0.05, 0) is 24.6 Å². The Hall–Kier alpha value is -1.97. The van der Waals surface area contributed by atoms with Gasteiger partial charge in [0.1, 0.15) is 5.75 Å². The molecule has 0 unspecified atom stereocenters. The average Bonchev–Trinajstić information content (AvgIpc) is 2.27. The van der Waals surface area contributed by atoms with E-state index in [-0.39, 0.29) is 0 Å². The van der Waals surface area contributed by atoms with Crippen LogP contribution in [0.3, 0.4) is 0 Å². The summed E-state index contributed by atoms with van der Waals surface area (Å²) < 4.78 is 15.5. The van der Waals surface area contributed by atoms with Crippen molar-refractivity contribution in [3.8, 4) is 11.5 Å². The molecule has 0 bridgehead atoms. The lowest BCUT2D eigenvalue weighted by molar-refractivity contribution is 0.399. The monoisotopic (exact) mass is 220 g/mol. The molecule has 0 fully saturated rings. The van der Waals surface area contributed by atoms with E-state index in [1.807, 2.05) is 6.92 Å². The third-order valence-corrected chi connectivity index (χ3v) is 2.45. The lowest BCUT2D eigenvalue weighted by Gasteiger charge is -2.09. The Morgan fingerprint density at radius 2 is 1.75 bits per heavy atom. The van der Waals surface area contributed by atoms with Gasteiger partial charge >= 0.3 is 5.63 Å². The smallest absolute Gasteiger partial charge is 0.336 e. The van der Waals surface area contributed by atoms with Crippen LogP contribution in [0.2, 0.25) is 0 Å². The van der Waals surface area contributed by atoms with E-state index in [0.717, 1.165) is 10.9 Å². The van der Waals surface area contributed by atoms with Gasteiger partial charge in [0.2, 0.25) is 0 Å². The lowest BCUT2D eigenvalue weighted by atomic mass is 10.1. The van der Waals surface area contributed by atoms with E-state index in [1.165, 1.54) is 13.2 Å². The third kappa shape index (κ3) is 1.52. The number of rotatable bonds is 2. The van der Waals surface area contributed by atoms with Crippen LogP contribution in [-0.2, 0) is 0 Å². The van der Waals surface area contributed by atoms with E-state index in [4.69, 9.17) is 13.9 Å². The third-order valence-electron chi connectivity index (χ3n) is 2.45. The standard InChI is InChI=1S/C12H12O4/c1-7-6-10(13)16-12-9(15-3)5-4-8(14-2)11(7)12/h4-6H,1-3H3. The maximum absolute atomic E-state index is 11.3. The fraction of sp³-hybridized carbons (Fsp3) is 0.250. The topological polar surface area (TPSA) is 48.7 Å². The van der Waals surface area contributed by atoms with Gasteiger partial charge in [-0.15, -0.1) is 0 Å². The van der Waals surface area contributed by atoms with E-state index in [0.29, 0.717) is 17.1 Å². The zero-order valence-electron chi connectivity index (χ0n) is 9.37. The number of hydrogen-bond donors (Lipinski definition) is 0. The highest BCUT2D eigenvalue weighted by Crippen LogP contribution is 2.33. The zero-order chi connectivity index (χ0) is 11.7. The first-order valence-corrected chi connectivity index (χ1v) is 4.83. The summed E-state index contributed by atoms with van der Waals surface area (Å²) in [4.78, 5) is 11.3. The number of benzene rings is 1. The van der Waals surface area contributed by atoms with E-state index in [1.54, 1.807) is 19.2 Å². The maximum atomic E-state index is 11.3. The molecule has 0 radical (unpaired) electrons. The highest BCUT2D eigenvalue weighted by molar-refractivity contribution is 5.91. The number of hydrogen-bond acceptors (Lipinski definition) is 4. The molecule has 84 valence electrons. The van der Waals surface area contributed by atoms with Gasteiger partial charge in [-0.1, -0.05) is 0 Å². The minimum atomic E-state index is -0.392. The molecule has 1 heterocycles. The molecule has 0 spiro atoms. The van der Waals surface area contributed by atoms with Crippen LogP contribution < -0.4 is 15.1 Å². The van der Waals surface area contributed by atoms with Crippen LogP contribution in [0.15, 0.2) is 27.4 Å². The summed E-state index contributed by atoms with van der Waals surface area (Å²) in [5.74, 6) is 1.19. The predicted molar refractivity (Wildman–Crippen MR) is 60.3 cm³/mol. The Bertz CT molecular complexity index is 583. The summed E-state index contributed by atoms with van der Waals surface area (Å²) in [7, 11) is 3.11. The summed E-state index contributed by atoms with van der Waals surface area (Å²) in [5, 5.41) is 0.765. The number of aryl methyl sites for hydroxylation is 1. The second kappa shape index (κ2) is 3.89. The van der Waals surface area contributed by atoms with Gasteiger partial charge < -0.3 is 13.9 Å². The molecule has 16 heavy (non-hydrogen) atoms. The Labute approximate surface area is 92.4 Å². The molecule has 0 N–H and O–H groups in total. The summed E-state index contributed by atoms with van der Waals surface area (Å²) >= 11 is 0. The van der Waals surface area contributed by atoms with E-state index in [9.17, 15) is 4.79 Å². The molecule has 0 aliphatic rings. The highest BCUT2D eigenvalue weighted by Gasteiger charge is 2.12. The van der Waals surface area contributed by atoms with Crippen molar-refractivity contribution in [1.29, 1.82) is 0 Å². The zero-order valence-corrected chi connectivity index (χ0v) is 9.37. The van der Waals surface area contributed by atoms with E-state index >= 15 is 0 Å². The Kier molecular flexibility index (Phi) is 2.56. The van der Waals surface area contributed by atoms with E-state index < -0.39 is 5.63 Å². The summed E-state index contributed by atoms with van der Waals surface area (Å²) in [6.07, 6.45) is 0. The van der Waals surface area contributed by atoms with Gasteiger partial charge in [0.15, 0.2) is 11.3 Å². The lowest BCUT2D eigenvalue weighted by Crippen LogP contribution is -2.00. The highest BCUT2D eigenvalue weighted by atomic mass is 16.5. The molecule has 4 nitrogen and oxygen atoms in total. The molecule has 0 aliphatic heterocycles. The molecule has 1 aromatic heterocycles. The first kappa shape index (κ1) is 10.5. The summed E-state index contributed by atoms with van der Waals surface area (Å²) in [6.45, 7) is 1.83. The van der Waals surface area contributed by atoms with E-state index in [2.05, 4.69) is 0 Å². The van der Waals surface area contributed by atoms with Crippen molar-refractivity contribution < 1.29 is 13.9 Å². The van der Waals surface area contributed by atoms with Crippen molar-refractivity contribution in [2.75, 3.05) is 14.2 Å². The SMILES string of the molecule is COc1ccc(OC)c2c(C)cc(=O)oc12. The fourth-order valence-electron chi connectivity index (χ4n) is 1.73. The summed E-state index contributed by atoms with van der Waals surface area (Å²) in [5.41, 5.74) is 0.838. The molecular weight excluding hydrogens is 208 g/mol.